The molecule has 0 radical (unpaired) electrons. The summed E-state index contributed by atoms with van der Waals surface area (Å²) in [5.74, 6) is 0.663. The SMILES string of the molecule is Nc1cccc(Cl)c1S(=O)(=O)NCCOCC1CC1. The van der Waals surface area contributed by atoms with Crippen molar-refractivity contribution in [2.45, 2.75) is 17.7 Å². The van der Waals surface area contributed by atoms with E-state index >= 15 is 0 Å². The van der Waals surface area contributed by atoms with E-state index in [1.54, 1.807) is 6.07 Å². The Morgan fingerprint density at radius 1 is 1.42 bits per heavy atom. The lowest BCUT2D eigenvalue weighted by Gasteiger charge is -2.10. The first kappa shape index (κ1) is 14.6. The summed E-state index contributed by atoms with van der Waals surface area (Å²) in [4.78, 5) is -0.0705. The van der Waals surface area contributed by atoms with E-state index in [0.717, 1.165) is 0 Å². The first-order valence-corrected chi connectivity index (χ1v) is 7.98. The normalized spacial score (nSPS) is 15.6. The van der Waals surface area contributed by atoms with Crippen LogP contribution in [0.5, 0.6) is 0 Å². The summed E-state index contributed by atoms with van der Waals surface area (Å²) in [5.41, 5.74) is 5.79. The van der Waals surface area contributed by atoms with Crippen molar-refractivity contribution in [3.05, 3.63) is 23.2 Å². The van der Waals surface area contributed by atoms with Crippen LogP contribution in [0, 0.1) is 5.92 Å². The molecule has 0 amide bonds. The van der Waals surface area contributed by atoms with Gasteiger partial charge in [-0.15, -0.1) is 0 Å². The molecule has 0 aromatic heterocycles. The van der Waals surface area contributed by atoms with Crippen molar-refractivity contribution in [1.82, 2.24) is 4.72 Å². The lowest BCUT2D eigenvalue weighted by atomic mass is 10.3. The highest BCUT2D eigenvalue weighted by Gasteiger charge is 2.22. The van der Waals surface area contributed by atoms with Crippen LogP contribution in [0.25, 0.3) is 0 Å². The van der Waals surface area contributed by atoms with Crippen molar-refractivity contribution in [3.63, 3.8) is 0 Å². The van der Waals surface area contributed by atoms with Crippen LogP contribution >= 0.6 is 11.6 Å². The van der Waals surface area contributed by atoms with Gasteiger partial charge in [-0.25, -0.2) is 13.1 Å². The van der Waals surface area contributed by atoms with Crippen LogP contribution in [0.1, 0.15) is 12.8 Å². The van der Waals surface area contributed by atoms with Crippen molar-refractivity contribution in [2.24, 2.45) is 5.92 Å². The lowest BCUT2D eigenvalue weighted by molar-refractivity contribution is 0.129. The molecule has 106 valence electrons. The molecule has 7 heteroatoms. The summed E-state index contributed by atoms with van der Waals surface area (Å²) in [7, 11) is -3.69. The minimum atomic E-state index is -3.69. The van der Waals surface area contributed by atoms with Gasteiger partial charge in [0, 0.05) is 13.2 Å². The van der Waals surface area contributed by atoms with E-state index < -0.39 is 10.0 Å². The number of rotatable bonds is 7. The summed E-state index contributed by atoms with van der Waals surface area (Å²) in [6.07, 6.45) is 2.42. The quantitative estimate of drug-likeness (QED) is 0.592. The Kier molecular flexibility index (Phi) is 4.67. The van der Waals surface area contributed by atoms with Crippen LogP contribution in [-0.2, 0) is 14.8 Å². The average Bonchev–Trinajstić information content (AvgIpc) is 3.11. The van der Waals surface area contributed by atoms with Gasteiger partial charge in [0.2, 0.25) is 10.0 Å². The third-order valence-electron chi connectivity index (χ3n) is 2.86. The highest BCUT2D eigenvalue weighted by molar-refractivity contribution is 7.89. The molecule has 0 heterocycles. The van der Waals surface area contributed by atoms with Gasteiger partial charge < -0.3 is 10.5 Å². The standard InChI is InChI=1S/C12H17ClN2O3S/c13-10-2-1-3-11(14)12(10)19(16,17)15-6-7-18-8-9-4-5-9/h1-3,9,15H,4-8,14H2. The number of nitrogen functional groups attached to an aromatic ring is 1. The highest BCUT2D eigenvalue weighted by Crippen LogP contribution is 2.29. The van der Waals surface area contributed by atoms with Gasteiger partial charge in [0.05, 0.1) is 17.3 Å². The third kappa shape index (κ3) is 4.07. The number of nitrogens with two attached hydrogens (primary N) is 1. The Morgan fingerprint density at radius 3 is 2.79 bits per heavy atom. The molecule has 1 aromatic rings. The fourth-order valence-electron chi connectivity index (χ4n) is 1.66. The van der Waals surface area contributed by atoms with Gasteiger partial charge in [-0.05, 0) is 30.9 Å². The van der Waals surface area contributed by atoms with Gasteiger partial charge in [0.15, 0.2) is 0 Å². The minimum absolute atomic E-state index is 0.0705. The monoisotopic (exact) mass is 304 g/mol. The molecule has 1 aliphatic carbocycles. The molecule has 1 aromatic carbocycles. The van der Waals surface area contributed by atoms with Gasteiger partial charge in [0.25, 0.3) is 0 Å². The van der Waals surface area contributed by atoms with Gasteiger partial charge in [-0.2, -0.15) is 0 Å². The van der Waals surface area contributed by atoms with Gasteiger partial charge in [-0.3, -0.25) is 0 Å². The second-order valence-corrected chi connectivity index (χ2v) is 6.69. The van der Waals surface area contributed by atoms with Crippen molar-refractivity contribution in [1.29, 1.82) is 0 Å². The van der Waals surface area contributed by atoms with E-state index in [4.69, 9.17) is 22.1 Å². The molecule has 1 aliphatic rings. The zero-order chi connectivity index (χ0) is 13.9. The summed E-state index contributed by atoms with van der Waals surface area (Å²) >= 11 is 5.87. The second kappa shape index (κ2) is 6.09. The molecule has 2 rings (SSSR count). The molecular weight excluding hydrogens is 288 g/mol. The Morgan fingerprint density at radius 2 is 2.16 bits per heavy atom. The molecule has 5 nitrogen and oxygen atoms in total. The number of benzene rings is 1. The van der Waals surface area contributed by atoms with E-state index in [9.17, 15) is 8.42 Å². The number of halogens is 1. The second-order valence-electron chi connectivity index (χ2n) is 4.57. The van der Waals surface area contributed by atoms with Crippen LogP contribution in [-0.4, -0.2) is 28.2 Å². The number of nitrogens with one attached hydrogen (secondary N) is 1. The number of sulfonamides is 1. The molecule has 3 N–H and O–H groups in total. The molecule has 0 unspecified atom stereocenters. The van der Waals surface area contributed by atoms with Crippen LogP contribution in [0.2, 0.25) is 5.02 Å². The topological polar surface area (TPSA) is 81.4 Å². The molecule has 0 saturated heterocycles. The molecular formula is C12H17ClN2O3S. The predicted molar refractivity (Wildman–Crippen MR) is 74.6 cm³/mol. The fourth-order valence-corrected chi connectivity index (χ4v) is 3.35. The number of hydrogen-bond acceptors (Lipinski definition) is 4. The molecule has 1 saturated carbocycles. The summed E-state index contributed by atoms with van der Waals surface area (Å²) in [6.45, 7) is 1.26. The van der Waals surface area contributed by atoms with Crippen molar-refractivity contribution >= 4 is 27.3 Å². The van der Waals surface area contributed by atoms with Crippen molar-refractivity contribution in [3.8, 4) is 0 Å². The largest absolute Gasteiger partial charge is 0.398 e. The maximum absolute atomic E-state index is 12.1. The predicted octanol–water partition coefficient (Wildman–Crippen LogP) is 1.63. The van der Waals surface area contributed by atoms with Crippen LogP contribution in [0.3, 0.4) is 0 Å². The van der Waals surface area contributed by atoms with E-state index in [0.29, 0.717) is 19.1 Å². The summed E-state index contributed by atoms with van der Waals surface area (Å²) < 4.78 is 31.9. The maximum atomic E-state index is 12.1. The minimum Gasteiger partial charge on any atom is -0.398 e. The van der Waals surface area contributed by atoms with E-state index in [2.05, 4.69) is 4.72 Å². The highest BCUT2D eigenvalue weighted by atomic mass is 35.5. The molecule has 0 bridgehead atoms. The Bertz CT molecular complexity index is 524. The lowest BCUT2D eigenvalue weighted by Crippen LogP contribution is -2.28. The Hall–Kier alpha value is -0.820. The van der Waals surface area contributed by atoms with Gasteiger partial charge in [0.1, 0.15) is 4.90 Å². The van der Waals surface area contributed by atoms with Crippen LogP contribution in [0.4, 0.5) is 5.69 Å². The zero-order valence-corrected chi connectivity index (χ0v) is 12.0. The van der Waals surface area contributed by atoms with Crippen molar-refractivity contribution in [2.75, 3.05) is 25.5 Å². The van der Waals surface area contributed by atoms with Gasteiger partial charge >= 0.3 is 0 Å². The number of anilines is 1. The fraction of sp³-hybridized carbons (Fsp3) is 0.500. The van der Waals surface area contributed by atoms with E-state index in [-0.39, 0.29) is 22.2 Å². The van der Waals surface area contributed by atoms with Gasteiger partial charge in [-0.1, -0.05) is 17.7 Å². The molecule has 1 fully saturated rings. The number of hydrogen-bond donors (Lipinski definition) is 2. The molecule has 0 spiro atoms. The summed E-state index contributed by atoms with van der Waals surface area (Å²) in [6, 6.07) is 4.61. The average molecular weight is 305 g/mol. The Labute approximate surface area is 118 Å². The number of ether oxygens (including phenoxy) is 1. The first-order chi connectivity index (χ1) is 9.00. The van der Waals surface area contributed by atoms with E-state index in [1.807, 2.05) is 0 Å². The Balaban J connectivity index is 1.89. The third-order valence-corrected chi connectivity index (χ3v) is 4.86. The van der Waals surface area contributed by atoms with Crippen LogP contribution in [0.15, 0.2) is 23.1 Å². The van der Waals surface area contributed by atoms with E-state index in [1.165, 1.54) is 25.0 Å². The molecule has 0 aliphatic heterocycles. The van der Waals surface area contributed by atoms with Crippen molar-refractivity contribution < 1.29 is 13.2 Å². The zero-order valence-electron chi connectivity index (χ0n) is 10.4. The smallest absolute Gasteiger partial charge is 0.244 e. The maximum Gasteiger partial charge on any atom is 0.244 e. The summed E-state index contributed by atoms with van der Waals surface area (Å²) in [5, 5.41) is 0.117. The first-order valence-electron chi connectivity index (χ1n) is 6.12. The van der Waals surface area contributed by atoms with Crippen LogP contribution < -0.4 is 10.5 Å². The molecule has 19 heavy (non-hydrogen) atoms. The molecule has 0 atom stereocenters.